The van der Waals surface area contributed by atoms with Gasteiger partial charge in [0.1, 0.15) is 0 Å². The van der Waals surface area contributed by atoms with E-state index in [0.29, 0.717) is 0 Å². The van der Waals surface area contributed by atoms with Gasteiger partial charge in [-0.15, -0.1) is 6.58 Å². The Morgan fingerprint density at radius 3 is 1.81 bits per heavy atom. The highest BCUT2D eigenvalue weighted by atomic mass is 16.6. The summed E-state index contributed by atoms with van der Waals surface area (Å²) in [6, 6.07) is 0. The van der Waals surface area contributed by atoms with Crippen molar-refractivity contribution in [1.82, 2.24) is 0 Å². The van der Waals surface area contributed by atoms with Crippen LogP contribution in [-0.4, -0.2) is 25.2 Å². The lowest BCUT2D eigenvalue weighted by Crippen LogP contribution is -2.38. The number of ether oxygens (including phenoxy) is 2. The van der Waals surface area contributed by atoms with E-state index >= 15 is 0 Å². The highest BCUT2D eigenvalue weighted by Gasteiger charge is 2.41. The quantitative estimate of drug-likeness (QED) is 0.396. The summed E-state index contributed by atoms with van der Waals surface area (Å²) in [7, 11) is 0. The molecule has 0 aliphatic rings. The fourth-order valence-electron chi connectivity index (χ4n) is 1.27. The molecular weight excluding hydrogens is 208 g/mol. The molecule has 0 aromatic rings. The zero-order valence-electron chi connectivity index (χ0n) is 10.4. The van der Waals surface area contributed by atoms with Crippen LogP contribution >= 0.6 is 0 Å². The Labute approximate surface area is 96.6 Å². The first-order chi connectivity index (χ1) is 7.40. The second kappa shape index (κ2) is 6.30. The number of esters is 2. The van der Waals surface area contributed by atoms with E-state index in [4.69, 9.17) is 9.47 Å². The van der Waals surface area contributed by atoms with Crippen LogP contribution in [0.5, 0.6) is 0 Å². The molecule has 0 N–H and O–H groups in total. The van der Waals surface area contributed by atoms with Gasteiger partial charge in [0.25, 0.3) is 0 Å². The van der Waals surface area contributed by atoms with Crippen molar-refractivity contribution in [3.63, 3.8) is 0 Å². The third-order valence-corrected chi connectivity index (χ3v) is 2.31. The van der Waals surface area contributed by atoms with Gasteiger partial charge in [0, 0.05) is 5.41 Å². The summed E-state index contributed by atoms with van der Waals surface area (Å²) in [6.45, 7) is 11.0. The van der Waals surface area contributed by atoms with E-state index in [1.54, 1.807) is 33.8 Å². The van der Waals surface area contributed by atoms with E-state index in [2.05, 4.69) is 6.58 Å². The van der Waals surface area contributed by atoms with Crippen LogP contribution in [0.2, 0.25) is 0 Å². The van der Waals surface area contributed by atoms with Crippen LogP contribution < -0.4 is 0 Å². The second-order valence-electron chi connectivity index (χ2n) is 3.96. The van der Waals surface area contributed by atoms with Gasteiger partial charge in [0.15, 0.2) is 5.92 Å². The SMILES string of the molecule is C=CC(C)(C)C(C(=O)OCC)C(=O)OCC. The molecule has 0 atom stereocenters. The number of rotatable bonds is 6. The Hall–Kier alpha value is -1.32. The summed E-state index contributed by atoms with van der Waals surface area (Å²) in [4.78, 5) is 23.4. The van der Waals surface area contributed by atoms with Crippen LogP contribution in [0, 0.1) is 11.3 Å². The van der Waals surface area contributed by atoms with Crippen molar-refractivity contribution >= 4 is 11.9 Å². The second-order valence-corrected chi connectivity index (χ2v) is 3.96. The Bertz CT molecular complexity index is 250. The highest BCUT2D eigenvalue weighted by Crippen LogP contribution is 2.30. The monoisotopic (exact) mass is 228 g/mol. The zero-order valence-corrected chi connectivity index (χ0v) is 10.4. The molecule has 4 nitrogen and oxygen atoms in total. The first-order valence-corrected chi connectivity index (χ1v) is 5.37. The molecule has 0 saturated heterocycles. The van der Waals surface area contributed by atoms with Crippen LogP contribution in [0.1, 0.15) is 27.7 Å². The highest BCUT2D eigenvalue weighted by molar-refractivity contribution is 5.96. The molecule has 16 heavy (non-hydrogen) atoms. The van der Waals surface area contributed by atoms with E-state index in [0.717, 1.165) is 0 Å². The maximum absolute atomic E-state index is 11.7. The van der Waals surface area contributed by atoms with Crippen LogP contribution in [-0.2, 0) is 19.1 Å². The molecule has 0 radical (unpaired) electrons. The summed E-state index contributed by atoms with van der Waals surface area (Å²) >= 11 is 0. The van der Waals surface area contributed by atoms with Gasteiger partial charge >= 0.3 is 11.9 Å². The number of hydrogen-bond donors (Lipinski definition) is 0. The van der Waals surface area contributed by atoms with Crippen molar-refractivity contribution < 1.29 is 19.1 Å². The van der Waals surface area contributed by atoms with Crippen molar-refractivity contribution in [1.29, 1.82) is 0 Å². The Morgan fingerprint density at radius 1 is 1.19 bits per heavy atom. The van der Waals surface area contributed by atoms with Gasteiger partial charge in [-0.05, 0) is 13.8 Å². The minimum atomic E-state index is -0.954. The summed E-state index contributed by atoms with van der Waals surface area (Å²) < 4.78 is 9.74. The van der Waals surface area contributed by atoms with Gasteiger partial charge in [0.2, 0.25) is 0 Å². The van der Waals surface area contributed by atoms with Crippen LogP contribution in [0.15, 0.2) is 12.7 Å². The van der Waals surface area contributed by atoms with E-state index in [9.17, 15) is 9.59 Å². The zero-order chi connectivity index (χ0) is 12.8. The smallest absolute Gasteiger partial charge is 0.321 e. The van der Waals surface area contributed by atoms with Crippen LogP contribution in [0.3, 0.4) is 0 Å². The summed E-state index contributed by atoms with van der Waals surface area (Å²) in [5, 5.41) is 0. The average Bonchev–Trinajstić information content (AvgIpc) is 2.18. The predicted molar refractivity (Wildman–Crippen MR) is 60.7 cm³/mol. The molecule has 0 unspecified atom stereocenters. The molecule has 4 heteroatoms. The van der Waals surface area contributed by atoms with E-state index in [-0.39, 0.29) is 13.2 Å². The maximum Gasteiger partial charge on any atom is 0.321 e. The molecule has 0 aromatic heterocycles. The molecule has 92 valence electrons. The third kappa shape index (κ3) is 3.68. The Morgan fingerprint density at radius 2 is 1.56 bits per heavy atom. The predicted octanol–water partition coefficient (Wildman–Crippen LogP) is 1.94. The van der Waals surface area contributed by atoms with E-state index in [1.165, 1.54) is 0 Å². The molecule has 0 fully saturated rings. The summed E-state index contributed by atoms with van der Waals surface area (Å²) in [5.74, 6) is -2.08. The number of allylic oxidation sites excluding steroid dienone is 1. The lowest BCUT2D eigenvalue weighted by Gasteiger charge is -2.27. The van der Waals surface area contributed by atoms with Gasteiger partial charge in [0.05, 0.1) is 13.2 Å². The van der Waals surface area contributed by atoms with Crippen molar-refractivity contribution in [2.24, 2.45) is 11.3 Å². The van der Waals surface area contributed by atoms with E-state index in [1.807, 2.05) is 0 Å². The molecule has 0 rings (SSSR count). The molecule has 0 spiro atoms. The van der Waals surface area contributed by atoms with Crippen molar-refractivity contribution in [2.75, 3.05) is 13.2 Å². The molecule has 0 aliphatic heterocycles. The number of carbonyl (C=O) groups is 2. The van der Waals surface area contributed by atoms with Crippen molar-refractivity contribution in [2.45, 2.75) is 27.7 Å². The molecule has 0 aliphatic carbocycles. The number of hydrogen-bond acceptors (Lipinski definition) is 4. The molecule has 0 heterocycles. The number of carbonyl (C=O) groups excluding carboxylic acids is 2. The normalized spacial score (nSPS) is 11.1. The molecule has 0 amide bonds. The maximum atomic E-state index is 11.7. The standard InChI is InChI=1S/C12H20O4/c1-6-12(4,5)9(10(13)15-7-2)11(14)16-8-3/h6,9H,1,7-8H2,2-5H3. The van der Waals surface area contributed by atoms with Gasteiger partial charge in [-0.25, -0.2) is 0 Å². The first kappa shape index (κ1) is 14.7. The van der Waals surface area contributed by atoms with Crippen molar-refractivity contribution in [3.8, 4) is 0 Å². The van der Waals surface area contributed by atoms with Crippen LogP contribution in [0.4, 0.5) is 0 Å². The molecule has 0 saturated carbocycles. The summed E-state index contributed by atoms with van der Waals surface area (Å²) in [6.07, 6.45) is 1.56. The average molecular weight is 228 g/mol. The lowest BCUT2D eigenvalue weighted by atomic mass is 9.79. The third-order valence-electron chi connectivity index (χ3n) is 2.31. The largest absolute Gasteiger partial charge is 0.465 e. The molecular formula is C12H20O4. The minimum Gasteiger partial charge on any atom is -0.465 e. The fourth-order valence-corrected chi connectivity index (χ4v) is 1.27. The lowest BCUT2D eigenvalue weighted by molar-refractivity contribution is -0.165. The Balaban J connectivity index is 4.97. The first-order valence-electron chi connectivity index (χ1n) is 5.37. The van der Waals surface area contributed by atoms with Gasteiger partial charge in [-0.2, -0.15) is 0 Å². The van der Waals surface area contributed by atoms with Gasteiger partial charge < -0.3 is 9.47 Å². The fraction of sp³-hybridized carbons (Fsp3) is 0.667. The Kier molecular flexibility index (Phi) is 5.78. The molecule has 0 aromatic carbocycles. The van der Waals surface area contributed by atoms with Gasteiger partial charge in [-0.3, -0.25) is 9.59 Å². The summed E-state index contributed by atoms with van der Waals surface area (Å²) in [5.41, 5.74) is -0.682. The minimum absolute atomic E-state index is 0.238. The topological polar surface area (TPSA) is 52.6 Å². The molecule has 0 bridgehead atoms. The van der Waals surface area contributed by atoms with E-state index < -0.39 is 23.3 Å². The van der Waals surface area contributed by atoms with Crippen molar-refractivity contribution in [3.05, 3.63) is 12.7 Å². The van der Waals surface area contributed by atoms with Gasteiger partial charge in [-0.1, -0.05) is 19.9 Å². The van der Waals surface area contributed by atoms with Crippen LogP contribution in [0.25, 0.3) is 0 Å².